The second kappa shape index (κ2) is 4.59. The van der Waals surface area contributed by atoms with E-state index in [1.165, 1.54) is 0 Å². The van der Waals surface area contributed by atoms with Gasteiger partial charge in [-0.1, -0.05) is 27.7 Å². The molecule has 0 unspecified atom stereocenters. The highest BCUT2D eigenvalue weighted by atomic mass is 16.5. The number of aryl methyl sites for hydroxylation is 1. The van der Waals surface area contributed by atoms with Crippen molar-refractivity contribution in [2.75, 3.05) is 7.11 Å². The van der Waals surface area contributed by atoms with Gasteiger partial charge in [0.25, 0.3) is 0 Å². The van der Waals surface area contributed by atoms with Crippen molar-refractivity contribution in [3.63, 3.8) is 0 Å². The second-order valence-corrected chi connectivity index (χ2v) is 5.26. The van der Waals surface area contributed by atoms with Crippen LogP contribution in [0.25, 0.3) is 5.65 Å². The molecule has 0 aliphatic heterocycles. The van der Waals surface area contributed by atoms with Gasteiger partial charge >= 0.3 is 0 Å². The summed E-state index contributed by atoms with van der Waals surface area (Å²) < 4.78 is 7.51. The molecule has 0 saturated heterocycles. The van der Waals surface area contributed by atoms with E-state index in [1.807, 2.05) is 17.4 Å². The number of hydrogen-bond acceptors (Lipinski definition) is 3. The predicted molar refractivity (Wildman–Crippen MR) is 72.5 cm³/mol. The molecule has 2 aromatic rings. The number of ether oxygens (including phenoxy) is 1. The third-order valence-corrected chi connectivity index (χ3v) is 3.01. The van der Waals surface area contributed by atoms with Gasteiger partial charge in [0, 0.05) is 17.7 Å². The van der Waals surface area contributed by atoms with Gasteiger partial charge in [0.2, 0.25) is 5.88 Å². The zero-order valence-corrected chi connectivity index (χ0v) is 12.0. The standard InChI is InChI=1S/C14H21N3O/c1-8(2)12-14-15-10(5)7-11(18-6)17(14)13(16-12)9(3)4/h7-9H,1-6H3. The summed E-state index contributed by atoms with van der Waals surface area (Å²) in [5.41, 5.74) is 2.92. The number of fused-ring (bicyclic) bond motifs is 1. The Morgan fingerprint density at radius 1 is 1.11 bits per heavy atom. The van der Waals surface area contributed by atoms with Crippen molar-refractivity contribution in [2.45, 2.75) is 46.5 Å². The number of hydrogen-bond donors (Lipinski definition) is 0. The normalized spacial score (nSPS) is 11.8. The summed E-state index contributed by atoms with van der Waals surface area (Å²) in [5, 5.41) is 0. The summed E-state index contributed by atoms with van der Waals surface area (Å²) in [6.45, 7) is 10.5. The SMILES string of the molecule is COc1cc(C)nc2c(C(C)C)nc(C(C)C)n12. The van der Waals surface area contributed by atoms with Crippen molar-refractivity contribution in [3.05, 3.63) is 23.3 Å². The van der Waals surface area contributed by atoms with E-state index in [-0.39, 0.29) is 0 Å². The third-order valence-electron chi connectivity index (χ3n) is 3.01. The van der Waals surface area contributed by atoms with Crippen LogP contribution in [0.1, 0.15) is 56.7 Å². The van der Waals surface area contributed by atoms with E-state index in [2.05, 4.69) is 32.7 Å². The Hall–Kier alpha value is -1.58. The summed E-state index contributed by atoms with van der Waals surface area (Å²) in [6.07, 6.45) is 0. The van der Waals surface area contributed by atoms with Gasteiger partial charge in [-0.3, -0.25) is 4.40 Å². The summed E-state index contributed by atoms with van der Waals surface area (Å²) in [4.78, 5) is 9.39. The Bertz CT molecular complexity index is 570. The Morgan fingerprint density at radius 2 is 1.78 bits per heavy atom. The molecule has 0 aliphatic carbocycles. The highest BCUT2D eigenvalue weighted by Crippen LogP contribution is 2.28. The van der Waals surface area contributed by atoms with E-state index >= 15 is 0 Å². The van der Waals surface area contributed by atoms with Crippen LogP contribution in [0.2, 0.25) is 0 Å². The van der Waals surface area contributed by atoms with Gasteiger partial charge in [-0.2, -0.15) is 0 Å². The molecule has 0 aliphatic rings. The molecule has 0 fully saturated rings. The minimum absolute atomic E-state index is 0.336. The average molecular weight is 247 g/mol. The summed E-state index contributed by atoms with van der Waals surface area (Å²) in [6, 6.07) is 1.95. The minimum Gasteiger partial charge on any atom is -0.482 e. The monoisotopic (exact) mass is 247 g/mol. The van der Waals surface area contributed by atoms with Crippen LogP contribution in [-0.4, -0.2) is 21.5 Å². The van der Waals surface area contributed by atoms with Crippen LogP contribution in [0.15, 0.2) is 6.07 Å². The van der Waals surface area contributed by atoms with Crippen molar-refractivity contribution in [3.8, 4) is 5.88 Å². The van der Waals surface area contributed by atoms with E-state index in [0.717, 1.165) is 28.7 Å². The molecule has 18 heavy (non-hydrogen) atoms. The van der Waals surface area contributed by atoms with E-state index in [9.17, 15) is 0 Å². The highest BCUT2D eigenvalue weighted by Gasteiger charge is 2.20. The lowest BCUT2D eigenvalue weighted by atomic mass is 10.1. The zero-order valence-electron chi connectivity index (χ0n) is 12.0. The smallest absolute Gasteiger partial charge is 0.202 e. The Kier molecular flexibility index (Phi) is 3.28. The number of rotatable bonds is 3. The largest absolute Gasteiger partial charge is 0.482 e. The van der Waals surface area contributed by atoms with Gasteiger partial charge in [-0.15, -0.1) is 0 Å². The van der Waals surface area contributed by atoms with E-state index < -0.39 is 0 Å². The lowest BCUT2D eigenvalue weighted by Gasteiger charge is -2.09. The minimum atomic E-state index is 0.336. The van der Waals surface area contributed by atoms with Crippen LogP contribution in [0.4, 0.5) is 0 Å². The van der Waals surface area contributed by atoms with Crippen molar-refractivity contribution < 1.29 is 4.74 Å². The molecule has 0 saturated carbocycles. The fraction of sp³-hybridized carbons (Fsp3) is 0.571. The first-order valence-electron chi connectivity index (χ1n) is 6.39. The molecule has 98 valence electrons. The first kappa shape index (κ1) is 12.9. The topological polar surface area (TPSA) is 39.4 Å². The molecule has 0 radical (unpaired) electrons. The second-order valence-electron chi connectivity index (χ2n) is 5.26. The van der Waals surface area contributed by atoms with Crippen LogP contribution >= 0.6 is 0 Å². The third kappa shape index (κ3) is 1.96. The molecule has 0 spiro atoms. The molecule has 4 heteroatoms. The van der Waals surface area contributed by atoms with E-state index in [4.69, 9.17) is 9.72 Å². The molecular formula is C14H21N3O. The molecule has 0 amide bonds. The molecule has 0 atom stereocenters. The van der Waals surface area contributed by atoms with Gasteiger partial charge in [-0.25, -0.2) is 9.97 Å². The molecule has 0 aromatic carbocycles. The molecule has 2 rings (SSSR count). The van der Waals surface area contributed by atoms with Crippen molar-refractivity contribution in [1.82, 2.24) is 14.4 Å². The average Bonchev–Trinajstić information content (AvgIpc) is 2.67. The molecular weight excluding hydrogens is 226 g/mol. The van der Waals surface area contributed by atoms with Gasteiger partial charge in [0.05, 0.1) is 12.8 Å². The lowest BCUT2D eigenvalue weighted by molar-refractivity contribution is 0.387. The van der Waals surface area contributed by atoms with Crippen LogP contribution < -0.4 is 4.74 Å². The van der Waals surface area contributed by atoms with E-state index in [1.54, 1.807) is 7.11 Å². The van der Waals surface area contributed by atoms with Crippen LogP contribution in [0, 0.1) is 6.92 Å². The van der Waals surface area contributed by atoms with Gasteiger partial charge in [0.15, 0.2) is 5.65 Å². The van der Waals surface area contributed by atoms with E-state index in [0.29, 0.717) is 11.8 Å². The quantitative estimate of drug-likeness (QED) is 0.835. The first-order valence-corrected chi connectivity index (χ1v) is 6.39. The van der Waals surface area contributed by atoms with Crippen LogP contribution in [0.3, 0.4) is 0 Å². The number of nitrogens with zero attached hydrogens (tertiary/aromatic N) is 3. The summed E-state index contributed by atoms with van der Waals surface area (Å²) in [5.74, 6) is 2.51. The first-order chi connectivity index (χ1) is 8.45. The number of methoxy groups -OCH3 is 1. The van der Waals surface area contributed by atoms with Crippen molar-refractivity contribution >= 4 is 5.65 Å². The number of aromatic nitrogens is 3. The Balaban J connectivity index is 2.86. The summed E-state index contributed by atoms with van der Waals surface area (Å²) >= 11 is 0. The fourth-order valence-electron chi connectivity index (χ4n) is 2.14. The van der Waals surface area contributed by atoms with Gasteiger partial charge in [0.1, 0.15) is 5.82 Å². The van der Waals surface area contributed by atoms with Crippen molar-refractivity contribution in [1.29, 1.82) is 0 Å². The van der Waals surface area contributed by atoms with Gasteiger partial charge < -0.3 is 4.74 Å². The molecule has 0 bridgehead atoms. The lowest BCUT2D eigenvalue weighted by Crippen LogP contribution is -2.03. The maximum atomic E-state index is 5.48. The Labute approximate surface area is 108 Å². The zero-order chi connectivity index (χ0) is 13.4. The predicted octanol–water partition coefficient (Wildman–Crippen LogP) is 3.29. The molecule has 2 aromatic heterocycles. The Morgan fingerprint density at radius 3 is 2.28 bits per heavy atom. The summed E-state index contributed by atoms with van der Waals surface area (Å²) in [7, 11) is 1.69. The van der Waals surface area contributed by atoms with Crippen LogP contribution in [0.5, 0.6) is 5.88 Å². The molecule has 4 nitrogen and oxygen atoms in total. The van der Waals surface area contributed by atoms with Gasteiger partial charge in [-0.05, 0) is 12.8 Å². The van der Waals surface area contributed by atoms with Crippen LogP contribution in [-0.2, 0) is 0 Å². The van der Waals surface area contributed by atoms with Crippen molar-refractivity contribution in [2.24, 2.45) is 0 Å². The maximum absolute atomic E-state index is 5.48. The number of imidazole rings is 1. The highest BCUT2D eigenvalue weighted by molar-refractivity contribution is 5.51. The molecule has 0 N–H and O–H groups in total. The molecule has 2 heterocycles. The fourth-order valence-corrected chi connectivity index (χ4v) is 2.14. The maximum Gasteiger partial charge on any atom is 0.202 e.